The summed E-state index contributed by atoms with van der Waals surface area (Å²) in [6.07, 6.45) is 4.24. The van der Waals surface area contributed by atoms with Gasteiger partial charge in [-0.15, -0.1) is 11.3 Å². The van der Waals surface area contributed by atoms with E-state index in [0.29, 0.717) is 36.8 Å². The molecule has 0 radical (unpaired) electrons. The quantitative estimate of drug-likeness (QED) is 0.264. The molecule has 7 heterocycles. The van der Waals surface area contributed by atoms with Gasteiger partial charge in [0.25, 0.3) is 0 Å². The fourth-order valence-electron chi connectivity index (χ4n) is 8.85. The Morgan fingerprint density at radius 3 is 2.89 bits per heavy atom. The summed E-state index contributed by atoms with van der Waals surface area (Å²) >= 11 is 7.98. The van der Waals surface area contributed by atoms with Crippen LogP contribution in [0.15, 0.2) is 12.1 Å². The minimum Gasteiger partial charge on any atom is -0.489 e. The van der Waals surface area contributed by atoms with Crippen LogP contribution in [-0.2, 0) is 0 Å². The number of rotatable bonds is 5. The number of ether oxygens (including phenoxy) is 2. The van der Waals surface area contributed by atoms with Crippen LogP contribution >= 0.6 is 22.9 Å². The maximum absolute atomic E-state index is 17.2. The maximum Gasteiger partial charge on any atom is 0.319 e. The average Bonchev–Trinajstić information content (AvgIpc) is 3.86. The standard InChI is InChI=1S/C33H31ClF3N7O2S/c34-25-23(17-3-4-19(36)29-22(17)18(12-38)30(39)47-29)26(37)27-24-28(25)45-9-8-44(21-10-16-2-5-20(21)40-16)31(24)42-32(41-27)46-14-33-6-1-7-43(33)13-15(35)11-33/h3-4,15-16,20-21,40H,1-2,5-11,13-14,39H2/t15-,16?,20?,21?,33+/m1/s1. The van der Waals surface area contributed by atoms with Crippen molar-refractivity contribution in [3.8, 4) is 29.0 Å². The summed E-state index contributed by atoms with van der Waals surface area (Å²) < 4.78 is 59.5. The number of nitrogen functional groups attached to an aromatic ring is 1. The molecule has 0 saturated carbocycles. The first kappa shape index (κ1) is 29.6. The van der Waals surface area contributed by atoms with E-state index in [0.717, 1.165) is 50.0 Å². The molecule has 9 nitrogen and oxygen atoms in total. The van der Waals surface area contributed by atoms with E-state index in [2.05, 4.69) is 20.1 Å². The number of nitrogens with one attached hydrogen (secondary N) is 1. The van der Waals surface area contributed by atoms with Crippen LogP contribution in [0.3, 0.4) is 0 Å². The molecular formula is C33H31ClF3N7O2S. The Labute approximate surface area is 277 Å². The molecule has 5 aliphatic heterocycles. The molecule has 47 heavy (non-hydrogen) atoms. The third-order valence-corrected chi connectivity index (χ3v) is 12.3. The van der Waals surface area contributed by atoms with E-state index in [9.17, 15) is 14.0 Å². The number of aromatic nitrogens is 2. The Bertz CT molecular complexity index is 2020. The number of fused-ring (bicyclic) bond motifs is 4. The van der Waals surface area contributed by atoms with Crippen molar-refractivity contribution in [2.75, 3.05) is 43.5 Å². The highest BCUT2D eigenvalue weighted by molar-refractivity contribution is 7.23. The van der Waals surface area contributed by atoms with Crippen molar-refractivity contribution in [3.63, 3.8) is 0 Å². The molecule has 5 atom stereocenters. The summed E-state index contributed by atoms with van der Waals surface area (Å²) in [6, 6.07) is 5.40. The molecule has 0 spiro atoms. The van der Waals surface area contributed by atoms with Crippen LogP contribution in [0.2, 0.25) is 5.02 Å². The Balaban J connectivity index is 1.25. The van der Waals surface area contributed by atoms with E-state index in [1.165, 1.54) is 12.1 Å². The maximum atomic E-state index is 17.2. The van der Waals surface area contributed by atoms with Crippen molar-refractivity contribution in [1.29, 1.82) is 5.26 Å². The van der Waals surface area contributed by atoms with E-state index in [-0.39, 0.29) is 79.4 Å². The summed E-state index contributed by atoms with van der Waals surface area (Å²) in [7, 11) is 0. The number of nitrogens with two attached hydrogens (primary N) is 1. The van der Waals surface area contributed by atoms with Gasteiger partial charge in [0, 0.05) is 42.0 Å². The zero-order valence-electron chi connectivity index (χ0n) is 25.3. The zero-order chi connectivity index (χ0) is 32.2. The van der Waals surface area contributed by atoms with Gasteiger partial charge < -0.3 is 25.4 Å². The van der Waals surface area contributed by atoms with Crippen molar-refractivity contribution in [3.05, 3.63) is 34.4 Å². The highest BCUT2D eigenvalue weighted by atomic mass is 35.5. The second-order valence-corrected chi connectivity index (χ2v) is 14.8. The van der Waals surface area contributed by atoms with Crippen molar-refractivity contribution >= 4 is 54.7 Å². The predicted octanol–water partition coefficient (Wildman–Crippen LogP) is 5.94. The predicted molar refractivity (Wildman–Crippen MR) is 174 cm³/mol. The number of alkyl halides is 1. The first-order valence-electron chi connectivity index (χ1n) is 16.1. The molecule has 2 bridgehead atoms. The lowest BCUT2D eigenvalue weighted by Gasteiger charge is -2.34. The third-order valence-electron chi connectivity index (χ3n) is 10.9. The van der Waals surface area contributed by atoms with Crippen molar-refractivity contribution in [2.45, 2.75) is 68.4 Å². The molecule has 3 unspecified atom stereocenters. The molecular weight excluding hydrogens is 651 g/mol. The highest BCUT2D eigenvalue weighted by Crippen LogP contribution is 2.51. The Kier molecular flexibility index (Phi) is 6.74. The minimum absolute atomic E-state index is 0.0149. The van der Waals surface area contributed by atoms with Gasteiger partial charge >= 0.3 is 6.01 Å². The summed E-state index contributed by atoms with van der Waals surface area (Å²) in [6.45, 7) is 2.09. The van der Waals surface area contributed by atoms with Gasteiger partial charge in [-0.05, 0) is 50.3 Å². The molecule has 4 aromatic rings. The average molecular weight is 682 g/mol. The van der Waals surface area contributed by atoms with Crippen LogP contribution < -0.4 is 25.4 Å². The van der Waals surface area contributed by atoms with Crippen LogP contribution in [0.5, 0.6) is 11.8 Å². The SMILES string of the molecule is N#Cc1c(N)sc2c(F)ccc(-c3c(Cl)c4c5c(nc(OC[C@@]67CCCN6C[C@H](F)C7)nc5c3F)N(C3CC5CCC3N5)CCO4)c12. The number of hydrogen-bond donors (Lipinski definition) is 2. The Morgan fingerprint density at radius 2 is 2.11 bits per heavy atom. The minimum atomic E-state index is -0.930. The van der Waals surface area contributed by atoms with Gasteiger partial charge in [-0.3, -0.25) is 4.90 Å². The van der Waals surface area contributed by atoms with E-state index >= 15 is 4.39 Å². The lowest BCUT2D eigenvalue weighted by molar-refractivity contribution is 0.107. The van der Waals surface area contributed by atoms with Crippen molar-refractivity contribution < 1.29 is 22.6 Å². The number of hydrogen-bond acceptors (Lipinski definition) is 10. The number of nitriles is 1. The van der Waals surface area contributed by atoms with Crippen LogP contribution in [0.25, 0.3) is 32.1 Å². The summed E-state index contributed by atoms with van der Waals surface area (Å²) in [5.41, 5.74) is 5.77. The summed E-state index contributed by atoms with van der Waals surface area (Å²) in [5, 5.41) is 14.2. The van der Waals surface area contributed by atoms with Crippen LogP contribution in [0.4, 0.5) is 24.0 Å². The van der Waals surface area contributed by atoms with E-state index in [1.807, 2.05) is 6.07 Å². The molecule has 0 amide bonds. The molecule has 244 valence electrons. The van der Waals surface area contributed by atoms with Gasteiger partial charge in [-0.25, -0.2) is 13.2 Å². The fraction of sp³-hybridized carbons (Fsp3) is 0.485. The van der Waals surface area contributed by atoms with Crippen molar-refractivity contribution in [1.82, 2.24) is 20.2 Å². The topological polar surface area (TPSA) is 113 Å². The molecule has 4 fully saturated rings. The second kappa shape index (κ2) is 10.7. The van der Waals surface area contributed by atoms with Crippen LogP contribution in [0, 0.1) is 23.0 Å². The Morgan fingerprint density at radius 1 is 1.23 bits per heavy atom. The van der Waals surface area contributed by atoms with E-state index < -0.39 is 23.3 Å². The molecule has 9 rings (SSSR count). The summed E-state index contributed by atoms with van der Waals surface area (Å²) in [4.78, 5) is 13.8. The van der Waals surface area contributed by atoms with Crippen LogP contribution in [-0.4, -0.2) is 77.6 Å². The number of benzene rings is 2. The molecule has 0 aliphatic carbocycles. The normalized spacial score (nSPS) is 28.2. The second-order valence-electron chi connectivity index (χ2n) is 13.4. The molecule has 3 N–H and O–H groups in total. The molecule has 2 aromatic carbocycles. The smallest absolute Gasteiger partial charge is 0.319 e. The first-order chi connectivity index (χ1) is 22.8. The summed E-state index contributed by atoms with van der Waals surface area (Å²) in [5.74, 6) is -0.659. The first-order valence-corrected chi connectivity index (χ1v) is 17.3. The number of nitrogens with zero attached hydrogens (tertiary/aromatic N) is 5. The van der Waals surface area contributed by atoms with Gasteiger partial charge in [-0.2, -0.15) is 15.2 Å². The monoisotopic (exact) mass is 681 g/mol. The van der Waals surface area contributed by atoms with Gasteiger partial charge in [0.05, 0.1) is 32.8 Å². The van der Waals surface area contributed by atoms with Gasteiger partial charge in [0.2, 0.25) is 0 Å². The highest BCUT2D eigenvalue weighted by Gasteiger charge is 2.50. The Hall–Kier alpha value is -3.57. The van der Waals surface area contributed by atoms with E-state index in [1.54, 1.807) is 0 Å². The van der Waals surface area contributed by atoms with E-state index in [4.69, 9.17) is 31.8 Å². The molecule has 5 aliphatic rings. The van der Waals surface area contributed by atoms with Crippen molar-refractivity contribution in [2.24, 2.45) is 0 Å². The fourth-order valence-corrected chi connectivity index (χ4v) is 10.1. The van der Waals surface area contributed by atoms with Gasteiger partial charge in [-0.1, -0.05) is 17.7 Å². The number of thiophene rings is 1. The largest absolute Gasteiger partial charge is 0.489 e. The molecule has 2 aromatic heterocycles. The lowest BCUT2D eigenvalue weighted by Crippen LogP contribution is -2.45. The van der Waals surface area contributed by atoms with Gasteiger partial charge in [0.1, 0.15) is 47.6 Å². The number of halogens is 4. The number of anilines is 2. The van der Waals surface area contributed by atoms with Crippen LogP contribution in [0.1, 0.15) is 44.1 Å². The molecule has 14 heteroatoms. The molecule has 4 saturated heterocycles. The zero-order valence-corrected chi connectivity index (χ0v) is 26.9. The lowest BCUT2D eigenvalue weighted by atomic mass is 9.93. The third kappa shape index (κ3) is 4.34. The van der Waals surface area contributed by atoms with Gasteiger partial charge in [0.15, 0.2) is 11.6 Å².